The molecule has 1 aromatic rings. The number of aliphatic hydroxyl groups is 1. The first-order valence-electron chi connectivity index (χ1n) is 7.58. The van der Waals surface area contributed by atoms with Crippen LogP contribution >= 0.6 is 22.4 Å². The average molecular weight is 492 g/mol. The van der Waals surface area contributed by atoms with Gasteiger partial charge in [0.15, 0.2) is 0 Å². The van der Waals surface area contributed by atoms with Gasteiger partial charge in [0, 0.05) is 18.2 Å². The maximum Gasteiger partial charge on any atom is 0.513 e. The van der Waals surface area contributed by atoms with Crippen LogP contribution < -0.4 is 11.2 Å². The molecule has 0 bridgehead atoms. The molecule has 1 fully saturated rings. The number of aromatic nitrogens is 2. The van der Waals surface area contributed by atoms with Crippen LogP contribution in [0.5, 0.6) is 0 Å². The molecule has 1 saturated heterocycles. The SMILES string of the molecule is [B][P+]([S-])(OC[C@H]1O[C@@H](n2cc(C)c(=O)[nH]c2=O)C[C@@H]1O)OP(=O)(O)OP(=O)(O)O. The first-order chi connectivity index (χ1) is 13.1. The Morgan fingerprint density at radius 1 is 1.41 bits per heavy atom. The number of ether oxygens (including phenoxy) is 1. The van der Waals surface area contributed by atoms with Crippen LogP contribution in [-0.4, -0.2) is 55.7 Å². The minimum Gasteiger partial charge on any atom is -0.512 e. The van der Waals surface area contributed by atoms with Crippen LogP contribution in [0.1, 0.15) is 18.2 Å². The molecule has 0 spiro atoms. The zero-order chi connectivity index (χ0) is 22.2. The molecule has 0 aliphatic carbocycles. The van der Waals surface area contributed by atoms with Gasteiger partial charge in [0.05, 0.1) is 6.10 Å². The highest BCUT2D eigenvalue weighted by Gasteiger charge is 2.43. The smallest absolute Gasteiger partial charge is 0.512 e. The van der Waals surface area contributed by atoms with E-state index >= 15 is 0 Å². The molecule has 1 aliphatic heterocycles. The summed E-state index contributed by atoms with van der Waals surface area (Å²) in [6.45, 7) is -3.13. The summed E-state index contributed by atoms with van der Waals surface area (Å²) in [7, 11) is -5.28. The molecular weight excluding hydrogens is 476 g/mol. The largest absolute Gasteiger partial charge is 0.513 e. The van der Waals surface area contributed by atoms with E-state index in [9.17, 15) is 28.7 Å². The first-order valence-corrected chi connectivity index (χ1v) is 13.3. The van der Waals surface area contributed by atoms with Gasteiger partial charge in [0.1, 0.15) is 25.7 Å². The summed E-state index contributed by atoms with van der Waals surface area (Å²) in [5.74, 6) is 0. The van der Waals surface area contributed by atoms with Crippen molar-refractivity contribution in [2.24, 2.45) is 0 Å². The monoisotopic (exact) mass is 492 g/mol. The number of aromatic amines is 1. The van der Waals surface area contributed by atoms with Crippen LogP contribution in [-0.2, 0) is 39.3 Å². The summed E-state index contributed by atoms with van der Waals surface area (Å²) < 4.78 is 41.5. The minimum atomic E-state index is -5.38. The van der Waals surface area contributed by atoms with Gasteiger partial charge in [-0.15, -0.1) is 4.31 Å². The molecule has 2 unspecified atom stereocenters. The van der Waals surface area contributed by atoms with E-state index < -0.39 is 58.7 Å². The summed E-state index contributed by atoms with van der Waals surface area (Å²) >= 11 is 4.68. The predicted molar refractivity (Wildman–Crippen MR) is 101 cm³/mol. The van der Waals surface area contributed by atoms with E-state index in [0.717, 1.165) is 4.57 Å². The highest BCUT2D eigenvalue weighted by molar-refractivity contribution is 8.48. The molecule has 0 aromatic carbocycles. The Bertz CT molecular complexity index is 962. The first kappa shape index (κ1) is 24.9. The van der Waals surface area contributed by atoms with Crippen molar-refractivity contribution in [3.8, 4) is 0 Å². The number of hydrogen-bond acceptors (Lipinski definition) is 10. The molecule has 0 amide bonds. The Labute approximate surface area is 170 Å². The Morgan fingerprint density at radius 2 is 2.03 bits per heavy atom. The Hall–Kier alpha value is -0.335. The molecule has 2 heterocycles. The Morgan fingerprint density at radius 3 is 2.62 bits per heavy atom. The number of phosphoric acid groups is 2. The number of hydrogen-bond donors (Lipinski definition) is 5. The quantitative estimate of drug-likeness (QED) is 0.170. The summed E-state index contributed by atoms with van der Waals surface area (Å²) in [5.41, 5.74) is -1.10. The molecule has 2 rings (SSSR count). The molecule has 2 radical (unpaired) electrons. The normalized spacial score (nSPS) is 26.8. The van der Waals surface area contributed by atoms with Gasteiger partial charge < -0.3 is 36.8 Å². The van der Waals surface area contributed by atoms with Crippen molar-refractivity contribution in [3.63, 3.8) is 0 Å². The van der Waals surface area contributed by atoms with Crippen molar-refractivity contribution >= 4 is 42.3 Å². The zero-order valence-corrected chi connectivity index (χ0v) is 18.1. The fourth-order valence-electron chi connectivity index (χ4n) is 2.33. The third-order valence-electron chi connectivity index (χ3n) is 3.51. The van der Waals surface area contributed by atoms with Gasteiger partial charge in [-0.05, 0) is 6.92 Å². The average Bonchev–Trinajstić information content (AvgIpc) is 2.86. The fourth-order valence-corrected chi connectivity index (χ4v) is 6.43. The lowest BCUT2D eigenvalue weighted by Gasteiger charge is -2.28. The van der Waals surface area contributed by atoms with Gasteiger partial charge in [0.25, 0.3) is 5.56 Å². The molecule has 162 valence electrons. The highest BCUT2D eigenvalue weighted by atomic mass is 32.7. The molecule has 1 aliphatic rings. The van der Waals surface area contributed by atoms with Gasteiger partial charge >= 0.3 is 28.9 Å². The van der Waals surface area contributed by atoms with Crippen molar-refractivity contribution in [3.05, 3.63) is 32.6 Å². The van der Waals surface area contributed by atoms with E-state index in [2.05, 4.69) is 25.9 Å². The van der Waals surface area contributed by atoms with Crippen molar-refractivity contribution < 1.29 is 46.8 Å². The van der Waals surface area contributed by atoms with E-state index in [4.69, 9.17) is 26.6 Å². The lowest BCUT2D eigenvalue weighted by Crippen LogP contribution is -2.33. The maximum absolute atomic E-state index is 11.9. The highest BCUT2D eigenvalue weighted by Crippen LogP contribution is 2.70. The van der Waals surface area contributed by atoms with Crippen LogP contribution in [0.25, 0.3) is 0 Å². The van der Waals surface area contributed by atoms with E-state index in [0.29, 0.717) is 0 Å². The number of aliphatic hydroxyl groups excluding tert-OH is 1. The molecule has 5 N–H and O–H groups in total. The van der Waals surface area contributed by atoms with E-state index in [1.165, 1.54) is 13.1 Å². The second-order valence-electron chi connectivity index (χ2n) is 5.87. The third kappa shape index (κ3) is 7.39. The predicted octanol–water partition coefficient (Wildman–Crippen LogP) is -0.871. The van der Waals surface area contributed by atoms with Gasteiger partial charge in [-0.25, -0.2) is 18.4 Å². The lowest BCUT2D eigenvalue weighted by molar-refractivity contribution is -0.0404. The zero-order valence-electron chi connectivity index (χ0n) is 14.6. The number of rotatable bonds is 8. The molecule has 14 nitrogen and oxygen atoms in total. The molecule has 29 heavy (non-hydrogen) atoms. The van der Waals surface area contributed by atoms with Crippen molar-refractivity contribution in [2.75, 3.05) is 6.61 Å². The van der Waals surface area contributed by atoms with Crippen LogP contribution in [0.2, 0.25) is 0 Å². The van der Waals surface area contributed by atoms with Crippen molar-refractivity contribution in [2.45, 2.75) is 31.8 Å². The van der Waals surface area contributed by atoms with Crippen LogP contribution in [0.15, 0.2) is 15.8 Å². The van der Waals surface area contributed by atoms with E-state index in [1.807, 2.05) is 0 Å². The third-order valence-corrected chi connectivity index (χ3v) is 8.34. The Kier molecular flexibility index (Phi) is 7.77. The Balaban J connectivity index is 2.01. The number of nitrogens with zero attached hydrogens (tertiary/aromatic N) is 1. The number of H-pyrrole nitrogens is 1. The second-order valence-corrected chi connectivity index (χ2v) is 12.0. The van der Waals surface area contributed by atoms with Crippen molar-refractivity contribution in [1.29, 1.82) is 0 Å². The van der Waals surface area contributed by atoms with Gasteiger partial charge in [-0.3, -0.25) is 14.3 Å². The van der Waals surface area contributed by atoms with Crippen molar-refractivity contribution in [1.82, 2.24) is 9.55 Å². The molecule has 19 heteroatoms. The van der Waals surface area contributed by atoms with Gasteiger partial charge in [-0.2, -0.15) is 4.31 Å². The second kappa shape index (κ2) is 9.03. The summed E-state index contributed by atoms with van der Waals surface area (Å²) in [6, 6.07) is 0. The number of aryl methyl sites for hydroxylation is 1. The van der Waals surface area contributed by atoms with Crippen LogP contribution in [0.3, 0.4) is 0 Å². The van der Waals surface area contributed by atoms with Crippen LogP contribution in [0, 0.1) is 6.92 Å². The standard InChI is InChI=1S/C10H16BN2O12P3S/c1-5-3-13(10(16)12-9(5)15)8-2-6(14)7(23-8)4-22-26(11,29)24-28(20,21)25-27(17,18)19/h3,6-8,14H,2,4H2,1H3,(H,20,21)(H,12,15,16)(H2,17,18,19)/t6-,7+,8+,26?/m0/s1. The number of nitrogens with one attached hydrogen (secondary N) is 1. The van der Waals surface area contributed by atoms with Gasteiger partial charge in [0.2, 0.25) is 0 Å². The summed E-state index contributed by atoms with van der Waals surface area (Å²) in [4.78, 5) is 51.8. The lowest BCUT2D eigenvalue weighted by atomic mass is 10.2. The maximum atomic E-state index is 11.9. The fraction of sp³-hybridized carbons (Fsp3) is 0.600. The summed E-state index contributed by atoms with van der Waals surface area (Å²) in [5, 5.41) is 10.1. The van der Waals surface area contributed by atoms with E-state index in [-0.39, 0.29) is 12.0 Å². The van der Waals surface area contributed by atoms with Gasteiger partial charge in [-0.1, -0.05) is 0 Å². The molecule has 1 aromatic heterocycles. The molecular formula is C10H16BN2O12P3S. The minimum absolute atomic E-state index is 0.0620. The topological polar surface area (TPSA) is 207 Å². The van der Waals surface area contributed by atoms with E-state index in [1.54, 1.807) is 0 Å². The summed E-state index contributed by atoms with van der Waals surface area (Å²) in [6.07, 6.45) is -2.02. The van der Waals surface area contributed by atoms with Crippen LogP contribution in [0.4, 0.5) is 0 Å². The molecule has 5 atom stereocenters. The molecule has 0 saturated carbocycles.